The Bertz CT molecular complexity index is 1290. The zero-order valence-electron chi connectivity index (χ0n) is 17.0. The molecule has 166 valence electrons. The van der Waals surface area contributed by atoms with Gasteiger partial charge in [0.15, 0.2) is 0 Å². The predicted molar refractivity (Wildman–Crippen MR) is 121 cm³/mol. The van der Waals surface area contributed by atoms with Gasteiger partial charge < -0.3 is 10.1 Å². The number of aryl methyl sites for hydroxylation is 1. The normalized spacial score (nSPS) is 11.0. The van der Waals surface area contributed by atoms with Crippen LogP contribution in [0.2, 0.25) is 5.02 Å². The largest absolute Gasteiger partial charge is 0.495 e. The van der Waals surface area contributed by atoms with Crippen LogP contribution in [0.5, 0.6) is 5.75 Å². The molecule has 3 rings (SSSR count). The zero-order valence-corrected chi connectivity index (χ0v) is 18.5. The second-order valence-corrected chi connectivity index (χ2v) is 8.80. The molecule has 1 amide bonds. The number of non-ortho nitro benzene ring substituents is 1. The molecule has 3 aromatic rings. The molecule has 32 heavy (non-hydrogen) atoms. The first-order chi connectivity index (χ1) is 15.1. The van der Waals surface area contributed by atoms with Crippen molar-refractivity contribution in [2.24, 2.45) is 0 Å². The van der Waals surface area contributed by atoms with Gasteiger partial charge in [-0.05, 0) is 43.3 Å². The Morgan fingerprint density at radius 1 is 1.06 bits per heavy atom. The highest BCUT2D eigenvalue weighted by Crippen LogP contribution is 2.30. The second kappa shape index (κ2) is 9.25. The van der Waals surface area contributed by atoms with E-state index in [1.807, 2.05) is 6.92 Å². The van der Waals surface area contributed by atoms with Crippen LogP contribution in [0.1, 0.15) is 15.9 Å². The highest BCUT2D eigenvalue weighted by Gasteiger charge is 2.18. The first kappa shape index (κ1) is 23.0. The summed E-state index contributed by atoms with van der Waals surface area (Å²) in [5, 5.41) is 13.5. The van der Waals surface area contributed by atoms with E-state index >= 15 is 0 Å². The van der Waals surface area contributed by atoms with Crippen molar-refractivity contribution in [2.75, 3.05) is 17.1 Å². The van der Waals surface area contributed by atoms with Crippen LogP contribution in [-0.4, -0.2) is 26.4 Å². The van der Waals surface area contributed by atoms with Crippen LogP contribution >= 0.6 is 11.6 Å². The van der Waals surface area contributed by atoms with Crippen LogP contribution in [0.3, 0.4) is 0 Å². The lowest BCUT2D eigenvalue weighted by Gasteiger charge is -2.12. The quantitative estimate of drug-likeness (QED) is 0.379. The van der Waals surface area contributed by atoms with E-state index in [2.05, 4.69) is 10.0 Å². The number of nitrogens with one attached hydrogen (secondary N) is 2. The van der Waals surface area contributed by atoms with Crippen molar-refractivity contribution in [3.05, 3.63) is 86.9 Å². The Morgan fingerprint density at radius 3 is 2.34 bits per heavy atom. The highest BCUT2D eigenvalue weighted by molar-refractivity contribution is 7.92. The minimum atomic E-state index is -3.84. The Hall–Kier alpha value is -3.63. The van der Waals surface area contributed by atoms with Gasteiger partial charge in [0.25, 0.3) is 21.6 Å². The summed E-state index contributed by atoms with van der Waals surface area (Å²) in [4.78, 5) is 23.2. The van der Waals surface area contributed by atoms with E-state index in [0.717, 1.165) is 11.6 Å². The van der Waals surface area contributed by atoms with Gasteiger partial charge in [-0.2, -0.15) is 0 Å². The molecule has 0 saturated carbocycles. The average molecular weight is 476 g/mol. The number of rotatable bonds is 7. The van der Waals surface area contributed by atoms with Gasteiger partial charge in [-0.25, -0.2) is 8.42 Å². The van der Waals surface area contributed by atoms with Crippen LogP contribution in [-0.2, 0) is 10.0 Å². The molecule has 0 saturated heterocycles. The second-order valence-electron chi connectivity index (χ2n) is 6.71. The molecular formula is C21H18ClN3O6S. The number of sulfonamides is 1. The molecule has 0 unspecified atom stereocenters. The molecular weight excluding hydrogens is 458 g/mol. The lowest BCUT2D eigenvalue weighted by Crippen LogP contribution is -2.15. The van der Waals surface area contributed by atoms with Crippen LogP contribution in [0.25, 0.3) is 0 Å². The van der Waals surface area contributed by atoms with E-state index in [0.29, 0.717) is 0 Å². The zero-order chi connectivity index (χ0) is 23.5. The van der Waals surface area contributed by atoms with Gasteiger partial charge in [-0.1, -0.05) is 29.3 Å². The van der Waals surface area contributed by atoms with Gasteiger partial charge in [0, 0.05) is 12.1 Å². The van der Waals surface area contributed by atoms with E-state index in [9.17, 15) is 23.3 Å². The number of methoxy groups -OCH3 is 1. The summed E-state index contributed by atoms with van der Waals surface area (Å²) < 4.78 is 32.6. The maximum absolute atomic E-state index is 12.7. The van der Waals surface area contributed by atoms with Crippen LogP contribution in [0.15, 0.2) is 65.6 Å². The third kappa shape index (κ3) is 5.16. The summed E-state index contributed by atoms with van der Waals surface area (Å²) in [6.07, 6.45) is 0. The Labute approximate surface area is 189 Å². The maximum atomic E-state index is 12.7. The molecule has 0 fully saturated rings. The first-order valence-corrected chi connectivity index (χ1v) is 11.0. The van der Waals surface area contributed by atoms with E-state index in [1.54, 1.807) is 12.1 Å². The number of nitro benzene ring substituents is 1. The molecule has 11 heteroatoms. The Morgan fingerprint density at radius 2 is 1.75 bits per heavy atom. The van der Waals surface area contributed by atoms with Gasteiger partial charge >= 0.3 is 0 Å². The molecule has 0 aliphatic rings. The molecule has 0 heterocycles. The van der Waals surface area contributed by atoms with Crippen LogP contribution in [0.4, 0.5) is 17.1 Å². The molecule has 0 atom stereocenters. The third-order valence-corrected chi connectivity index (χ3v) is 6.15. The molecule has 9 nitrogen and oxygen atoms in total. The standard InChI is InChI=1S/C21H18ClN3O6S/c1-13-3-7-16(8-4-13)32(29,30)24-14-5-9-17(18(22)11-14)21(26)23-19-12-15(25(27)28)6-10-20(19)31-2/h3-12,24H,1-2H3,(H,23,26). The van der Waals surface area contributed by atoms with Gasteiger partial charge in [0.1, 0.15) is 5.75 Å². The molecule has 3 aromatic carbocycles. The lowest BCUT2D eigenvalue weighted by molar-refractivity contribution is -0.384. The Kier molecular flexibility index (Phi) is 6.66. The molecule has 0 aliphatic carbocycles. The SMILES string of the molecule is COc1ccc([N+](=O)[O-])cc1NC(=O)c1ccc(NS(=O)(=O)c2ccc(C)cc2)cc1Cl. The van der Waals surface area contributed by atoms with Crippen molar-refractivity contribution < 1.29 is 22.9 Å². The molecule has 0 radical (unpaired) electrons. The molecule has 0 bridgehead atoms. The number of halogens is 1. The van der Waals surface area contributed by atoms with Crippen molar-refractivity contribution in [3.8, 4) is 5.75 Å². The highest BCUT2D eigenvalue weighted by atomic mass is 35.5. The van der Waals surface area contributed by atoms with Gasteiger partial charge in [-0.15, -0.1) is 0 Å². The van der Waals surface area contributed by atoms with Crippen molar-refractivity contribution >= 4 is 44.6 Å². The number of carbonyl (C=O) groups is 1. The van der Waals surface area contributed by atoms with Crippen LogP contribution < -0.4 is 14.8 Å². The molecule has 0 aromatic heterocycles. The summed E-state index contributed by atoms with van der Waals surface area (Å²) in [5.41, 5.74) is 0.987. The maximum Gasteiger partial charge on any atom is 0.271 e. The van der Waals surface area contributed by atoms with E-state index in [-0.39, 0.29) is 38.3 Å². The predicted octanol–water partition coefficient (Wildman–Crippen LogP) is 4.62. The molecule has 0 spiro atoms. The third-order valence-electron chi connectivity index (χ3n) is 4.44. The number of nitrogens with zero attached hydrogens (tertiary/aromatic N) is 1. The summed E-state index contributed by atoms with van der Waals surface area (Å²) in [6, 6.07) is 14.1. The van der Waals surface area contributed by atoms with Gasteiger partial charge in [-0.3, -0.25) is 19.6 Å². The number of amides is 1. The van der Waals surface area contributed by atoms with Crippen molar-refractivity contribution in [2.45, 2.75) is 11.8 Å². The summed E-state index contributed by atoms with van der Waals surface area (Å²) >= 11 is 6.21. The summed E-state index contributed by atoms with van der Waals surface area (Å²) in [5.74, 6) is -0.427. The van der Waals surface area contributed by atoms with Crippen molar-refractivity contribution in [1.82, 2.24) is 0 Å². The lowest BCUT2D eigenvalue weighted by atomic mass is 10.2. The number of ether oxygens (including phenoxy) is 1. The number of carbonyl (C=O) groups excluding carboxylic acids is 1. The summed E-state index contributed by atoms with van der Waals surface area (Å²) in [7, 11) is -2.48. The topological polar surface area (TPSA) is 128 Å². The van der Waals surface area contributed by atoms with Crippen LogP contribution in [0, 0.1) is 17.0 Å². The van der Waals surface area contributed by atoms with E-state index < -0.39 is 20.9 Å². The number of hydrogen-bond acceptors (Lipinski definition) is 6. The van der Waals surface area contributed by atoms with Gasteiger partial charge in [0.2, 0.25) is 0 Å². The van der Waals surface area contributed by atoms with Crippen molar-refractivity contribution in [1.29, 1.82) is 0 Å². The minimum absolute atomic E-state index is 0.0176. The fourth-order valence-electron chi connectivity index (χ4n) is 2.79. The van der Waals surface area contributed by atoms with Gasteiger partial charge in [0.05, 0.1) is 38.9 Å². The minimum Gasteiger partial charge on any atom is -0.495 e. The fourth-order valence-corrected chi connectivity index (χ4v) is 4.11. The number of benzene rings is 3. The smallest absolute Gasteiger partial charge is 0.271 e. The van der Waals surface area contributed by atoms with E-state index in [1.165, 1.54) is 49.6 Å². The summed E-state index contributed by atoms with van der Waals surface area (Å²) in [6.45, 7) is 1.84. The van der Waals surface area contributed by atoms with E-state index in [4.69, 9.17) is 16.3 Å². The molecule has 0 aliphatic heterocycles. The number of anilines is 2. The Balaban J connectivity index is 1.82. The van der Waals surface area contributed by atoms with Crippen molar-refractivity contribution in [3.63, 3.8) is 0 Å². The monoisotopic (exact) mass is 475 g/mol. The number of hydrogen-bond donors (Lipinski definition) is 2. The first-order valence-electron chi connectivity index (χ1n) is 9.13. The average Bonchev–Trinajstić information content (AvgIpc) is 2.73. The fraction of sp³-hybridized carbons (Fsp3) is 0.0952. The molecule has 2 N–H and O–H groups in total. The number of nitro groups is 1.